The zero-order valence-corrected chi connectivity index (χ0v) is 12.1. The van der Waals surface area contributed by atoms with Crippen LogP contribution in [-0.2, 0) is 9.59 Å². The van der Waals surface area contributed by atoms with Crippen LogP contribution in [-0.4, -0.2) is 44.6 Å². The molecule has 0 aliphatic heterocycles. The average Bonchev–Trinajstić information content (AvgIpc) is 2.26. The van der Waals surface area contributed by atoms with E-state index in [9.17, 15) is 24.9 Å². The van der Waals surface area contributed by atoms with Crippen LogP contribution in [0.25, 0.3) is 0 Å². The largest absolute Gasteiger partial charge is 0.481 e. The first-order chi connectivity index (χ1) is 9.10. The second kappa shape index (κ2) is 6.10. The highest BCUT2D eigenvalue weighted by Gasteiger charge is 2.50. The van der Waals surface area contributed by atoms with Gasteiger partial charge in [0.25, 0.3) is 0 Å². The number of aliphatic hydroxyl groups is 2. The molecule has 0 aromatic heterocycles. The van der Waals surface area contributed by atoms with Gasteiger partial charge in [-0.25, -0.2) is 4.79 Å². The fraction of sp³-hybridized carbons (Fsp3) is 0.857. The molecule has 5 atom stereocenters. The van der Waals surface area contributed by atoms with Gasteiger partial charge in [-0.3, -0.25) is 4.79 Å². The van der Waals surface area contributed by atoms with Crippen LogP contribution in [0.5, 0.6) is 0 Å². The third-order valence-corrected chi connectivity index (χ3v) is 4.66. The van der Waals surface area contributed by atoms with E-state index in [1.165, 1.54) is 0 Å². The topological polar surface area (TPSA) is 115 Å². The molecule has 20 heavy (non-hydrogen) atoms. The monoisotopic (exact) mass is 288 g/mol. The van der Waals surface area contributed by atoms with E-state index in [0.29, 0.717) is 12.8 Å². The lowest BCUT2D eigenvalue weighted by Crippen LogP contribution is -2.50. The van der Waals surface area contributed by atoms with Gasteiger partial charge in [0.15, 0.2) is 6.10 Å². The number of hydrogen-bond acceptors (Lipinski definition) is 4. The van der Waals surface area contributed by atoms with Crippen LogP contribution in [0.4, 0.5) is 0 Å². The number of carboxylic acids is 2. The normalized spacial score (nSPS) is 33.7. The minimum Gasteiger partial charge on any atom is -0.481 e. The standard InChI is InChI=1S/C14H24O6/c1-7(2)8-4-5-14(3,6-9(8)15)10(12(17)18)11(16)13(19)20/h7-11,15-16H,4-6H2,1-3H3,(H,17,18)(H,19,20). The molecule has 1 fully saturated rings. The number of aliphatic hydroxyl groups excluding tert-OH is 2. The average molecular weight is 288 g/mol. The molecule has 1 saturated carbocycles. The summed E-state index contributed by atoms with van der Waals surface area (Å²) < 4.78 is 0. The van der Waals surface area contributed by atoms with Crippen molar-refractivity contribution in [2.75, 3.05) is 0 Å². The fourth-order valence-electron chi connectivity index (χ4n) is 3.44. The second-order valence-corrected chi connectivity index (χ2v) is 6.47. The maximum absolute atomic E-state index is 11.4. The smallest absolute Gasteiger partial charge is 0.333 e. The van der Waals surface area contributed by atoms with Gasteiger partial charge in [-0.05, 0) is 36.5 Å². The molecule has 1 aliphatic carbocycles. The first kappa shape index (κ1) is 16.9. The summed E-state index contributed by atoms with van der Waals surface area (Å²) in [4.78, 5) is 22.3. The van der Waals surface area contributed by atoms with Crippen molar-refractivity contribution in [3.63, 3.8) is 0 Å². The van der Waals surface area contributed by atoms with Gasteiger partial charge in [0.2, 0.25) is 0 Å². The van der Waals surface area contributed by atoms with Crippen molar-refractivity contribution in [3.8, 4) is 0 Å². The molecule has 0 aromatic carbocycles. The van der Waals surface area contributed by atoms with Crippen LogP contribution in [0, 0.1) is 23.2 Å². The Hall–Kier alpha value is -1.14. The molecule has 0 bridgehead atoms. The first-order valence-corrected chi connectivity index (χ1v) is 6.92. The highest BCUT2D eigenvalue weighted by atomic mass is 16.4. The number of aliphatic carboxylic acids is 2. The van der Waals surface area contributed by atoms with E-state index >= 15 is 0 Å². The van der Waals surface area contributed by atoms with Gasteiger partial charge in [-0.2, -0.15) is 0 Å². The van der Waals surface area contributed by atoms with E-state index in [1.807, 2.05) is 13.8 Å². The predicted molar refractivity (Wildman–Crippen MR) is 71.1 cm³/mol. The van der Waals surface area contributed by atoms with Crippen LogP contribution >= 0.6 is 0 Å². The van der Waals surface area contributed by atoms with Gasteiger partial charge in [0, 0.05) is 0 Å². The van der Waals surface area contributed by atoms with Crippen LogP contribution in [0.2, 0.25) is 0 Å². The lowest BCUT2D eigenvalue weighted by atomic mass is 9.61. The van der Waals surface area contributed by atoms with Crippen molar-refractivity contribution in [3.05, 3.63) is 0 Å². The van der Waals surface area contributed by atoms with E-state index in [0.717, 1.165) is 0 Å². The Bertz CT molecular complexity index is 380. The highest BCUT2D eigenvalue weighted by molar-refractivity contribution is 5.82. The lowest BCUT2D eigenvalue weighted by molar-refractivity contribution is -0.170. The molecule has 6 heteroatoms. The predicted octanol–water partition coefficient (Wildman–Crippen LogP) is 0.956. The molecule has 0 heterocycles. The van der Waals surface area contributed by atoms with Crippen LogP contribution < -0.4 is 0 Å². The molecule has 0 saturated heterocycles. The number of hydrogen-bond donors (Lipinski definition) is 4. The van der Waals surface area contributed by atoms with E-state index < -0.39 is 35.5 Å². The minimum absolute atomic E-state index is 0.0829. The van der Waals surface area contributed by atoms with Gasteiger partial charge < -0.3 is 20.4 Å². The fourth-order valence-corrected chi connectivity index (χ4v) is 3.44. The molecule has 0 amide bonds. The van der Waals surface area contributed by atoms with Crippen LogP contribution in [0.15, 0.2) is 0 Å². The molecule has 116 valence electrons. The summed E-state index contributed by atoms with van der Waals surface area (Å²) in [6.45, 7) is 5.63. The summed E-state index contributed by atoms with van der Waals surface area (Å²) in [5.41, 5.74) is -0.922. The maximum Gasteiger partial charge on any atom is 0.333 e. The Morgan fingerprint density at radius 3 is 2.10 bits per heavy atom. The van der Waals surface area contributed by atoms with Crippen LogP contribution in [0.1, 0.15) is 40.0 Å². The summed E-state index contributed by atoms with van der Waals surface area (Å²) in [5, 5.41) is 38.0. The van der Waals surface area contributed by atoms with E-state index in [-0.39, 0.29) is 18.3 Å². The third kappa shape index (κ3) is 3.30. The van der Waals surface area contributed by atoms with Crippen LogP contribution in [0.3, 0.4) is 0 Å². The highest BCUT2D eigenvalue weighted by Crippen LogP contribution is 2.47. The summed E-state index contributed by atoms with van der Waals surface area (Å²) in [6.07, 6.45) is -1.33. The van der Waals surface area contributed by atoms with Gasteiger partial charge in [0.1, 0.15) is 0 Å². The van der Waals surface area contributed by atoms with Crippen molar-refractivity contribution in [1.82, 2.24) is 0 Å². The Morgan fingerprint density at radius 1 is 1.20 bits per heavy atom. The molecular weight excluding hydrogens is 264 g/mol. The van der Waals surface area contributed by atoms with E-state index in [2.05, 4.69) is 0 Å². The number of carboxylic acid groups (broad SMARTS) is 2. The zero-order valence-electron chi connectivity index (χ0n) is 12.1. The summed E-state index contributed by atoms with van der Waals surface area (Å²) in [5.74, 6) is -3.93. The van der Waals surface area contributed by atoms with E-state index in [1.54, 1.807) is 6.92 Å². The van der Waals surface area contributed by atoms with Gasteiger partial charge >= 0.3 is 11.9 Å². The molecule has 0 aromatic rings. The molecule has 5 unspecified atom stereocenters. The Labute approximate surface area is 118 Å². The summed E-state index contributed by atoms with van der Waals surface area (Å²) >= 11 is 0. The number of carbonyl (C=O) groups is 2. The van der Waals surface area contributed by atoms with Gasteiger partial charge in [0.05, 0.1) is 12.0 Å². The van der Waals surface area contributed by atoms with Crippen molar-refractivity contribution in [1.29, 1.82) is 0 Å². The molecule has 0 spiro atoms. The molecular formula is C14H24O6. The van der Waals surface area contributed by atoms with Crippen molar-refractivity contribution < 1.29 is 30.0 Å². The Morgan fingerprint density at radius 2 is 1.75 bits per heavy atom. The Kier molecular flexibility index (Phi) is 5.15. The minimum atomic E-state index is -1.96. The van der Waals surface area contributed by atoms with Gasteiger partial charge in [-0.15, -0.1) is 0 Å². The lowest BCUT2D eigenvalue weighted by Gasteiger charge is -2.45. The zero-order chi connectivity index (χ0) is 15.7. The third-order valence-electron chi connectivity index (χ3n) is 4.66. The summed E-state index contributed by atoms with van der Waals surface area (Å²) in [6, 6.07) is 0. The second-order valence-electron chi connectivity index (χ2n) is 6.47. The quantitative estimate of drug-likeness (QED) is 0.599. The molecule has 0 radical (unpaired) electrons. The van der Waals surface area contributed by atoms with Crippen molar-refractivity contribution in [2.45, 2.75) is 52.2 Å². The maximum atomic E-state index is 11.4. The Balaban J connectivity index is 2.97. The first-order valence-electron chi connectivity index (χ1n) is 6.92. The van der Waals surface area contributed by atoms with Gasteiger partial charge in [-0.1, -0.05) is 20.8 Å². The molecule has 1 rings (SSSR count). The molecule has 4 N–H and O–H groups in total. The summed E-state index contributed by atoms with van der Waals surface area (Å²) in [7, 11) is 0. The SMILES string of the molecule is CC(C)C1CCC(C)(C(C(=O)O)C(O)C(=O)O)CC1O. The van der Waals surface area contributed by atoms with E-state index in [4.69, 9.17) is 5.11 Å². The van der Waals surface area contributed by atoms with Crippen molar-refractivity contribution >= 4 is 11.9 Å². The molecule has 1 aliphatic rings. The number of rotatable bonds is 5. The molecule has 6 nitrogen and oxygen atoms in total. The van der Waals surface area contributed by atoms with Crippen molar-refractivity contribution in [2.24, 2.45) is 23.2 Å².